The third kappa shape index (κ3) is 4.09. The average Bonchev–Trinajstić information content (AvgIpc) is 2.37. The highest BCUT2D eigenvalue weighted by atomic mass is 79.9. The van der Waals surface area contributed by atoms with E-state index < -0.39 is 15.8 Å². The lowest BCUT2D eigenvalue weighted by Crippen LogP contribution is -2.44. The smallest absolute Gasteiger partial charge is 0.245 e. The number of sulfonamides is 1. The van der Waals surface area contributed by atoms with Crippen molar-refractivity contribution in [2.24, 2.45) is 0 Å². The van der Waals surface area contributed by atoms with Crippen molar-refractivity contribution >= 4 is 50.0 Å². The molecule has 0 atom stereocenters. The molecule has 120 valence electrons. The zero-order valence-corrected chi connectivity index (χ0v) is 15.2. The molecule has 1 saturated heterocycles. The van der Waals surface area contributed by atoms with Gasteiger partial charge in [-0.3, -0.25) is 0 Å². The molecular formula is C12H16BrCl2FN2O2S. The number of hydrogen-bond donors (Lipinski definition) is 1. The first-order chi connectivity index (χ1) is 9.34. The Morgan fingerprint density at radius 1 is 1.38 bits per heavy atom. The van der Waals surface area contributed by atoms with Crippen LogP contribution in [0.25, 0.3) is 0 Å². The largest absolute Gasteiger partial charge is 0.317 e. The van der Waals surface area contributed by atoms with Crippen LogP contribution < -0.4 is 5.32 Å². The van der Waals surface area contributed by atoms with Gasteiger partial charge in [0.15, 0.2) is 0 Å². The van der Waals surface area contributed by atoms with Crippen molar-refractivity contribution in [3.8, 4) is 0 Å². The van der Waals surface area contributed by atoms with E-state index in [9.17, 15) is 12.8 Å². The van der Waals surface area contributed by atoms with Gasteiger partial charge in [-0.25, -0.2) is 12.8 Å². The molecule has 1 aromatic rings. The molecule has 0 aromatic heterocycles. The summed E-state index contributed by atoms with van der Waals surface area (Å²) in [6.45, 7) is 1.56. The van der Waals surface area contributed by atoms with E-state index in [1.165, 1.54) is 11.4 Å². The van der Waals surface area contributed by atoms with Gasteiger partial charge in [0, 0.05) is 17.6 Å². The van der Waals surface area contributed by atoms with Gasteiger partial charge in [0.05, 0.1) is 5.02 Å². The highest BCUT2D eigenvalue weighted by molar-refractivity contribution is 9.10. The SMILES string of the molecule is CN(C1CCNCC1)S(=O)(=O)c1c(Cl)cc(F)cc1Br.Cl. The first-order valence-corrected chi connectivity index (χ1v) is 8.78. The number of piperidine rings is 1. The van der Waals surface area contributed by atoms with Gasteiger partial charge in [-0.1, -0.05) is 11.6 Å². The van der Waals surface area contributed by atoms with Crippen LogP contribution >= 0.6 is 39.9 Å². The number of halogens is 4. The van der Waals surface area contributed by atoms with E-state index in [1.807, 2.05) is 0 Å². The van der Waals surface area contributed by atoms with Crippen LogP contribution in [0.4, 0.5) is 4.39 Å². The molecule has 1 aliphatic heterocycles. The van der Waals surface area contributed by atoms with E-state index in [-0.39, 0.29) is 32.8 Å². The van der Waals surface area contributed by atoms with Crippen molar-refractivity contribution in [2.45, 2.75) is 23.8 Å². The first-order valence-electron chi connectivity index (χ1n) is 6.17. The van der Waals surface area contributed by atoms with Crippen LogP contribution in [-0.4, -0.2) is 38.9 Å². The van der Waals surface area contributed by atoms with Gasteiger partial charge >= 0.3 is 0 Å². The lowest BCUT2D eigenvalue weighted by molar-refractivity contribution is 0.296. The van der Waals surface area contributed by atoms with Gasteiger partial charge in [0.25, 0.3) is 0 Å². The summed E-state index contributed by atoms with van der Waals surface area (Å²) in [6, 6.07) is 2.04. The van der Waals surface area contributed by atoms with Gasteiger partial charge < -0.3 is 5.32 Å². The van der Waals surface area contributed by atoms with Gasteiger partial charge in [-0.15, -0.1) is 12.4 Å². The van der Waals surface area contributed by atoms with E-state index in [1.54, 1.807) is 0 Å². The number of rotatable bonds is 3. The topological polar surface area (TPSA) is 49.4 Å². The summed E-state index contributed by atoms with van der Waals surface area (Å²) >= 11 is 9.00. The van der Waals surface area contributed by atoms with Crippen molar-refractivity contribution < 1.29 is 12.8 Å². The fourth-order valence-corrected chi connectivity index (χ4v) is 5.45. The molecular weight excluding hydrogens is 406 g/mol. The zero-order valence-electron chi connectivity index (χ0n) is 11.3. The lowest BCUT2D eigenvalue weighted by atomic mass is 10.1. The fraction of sp³-hybridized carbons (Fsp3) is 0.500. The van der Waals surface area contributed by atoms with Crippen molar-refractivity contribution in [3.63, 3.8) is 0 Å². The molecule has 1 aliphatic rings. The summed E-state index contributed by atoms with van der Waals surface area (Å²) in [7, 11) is -2.22. The molecule has 0 aliphatic carbocycles. The third-order valence-corrected chi connectivity index (χ3v) is 6.73. The van der Waals surface area contributed by atoms with Gasteiger partial charge in [0.1, 0.15) is 10.7 Å². The Morgan fingerprint density at radius 3 is 2.48 bits per heavy atom. The Bertz CT molecular complexity index is 586. The minimum absolute atomic E-state index is 0. The normalized spacial score (nSPS) is 16.8. The van der Waals surface area contributed by atoms with E-state index in [4.69, 9.17) is 11.6 Å². The minimum atomic E-state index is -3.76. The summed E-state index contributed by atoms with van der Waals surface area (Å²) in [5.74, 6) is -0.578. The number of hydrogen-bond acceptors (Lipinski definition) is 3. The van der Waals surface area contributed by atoms with Gasteiger partial charge in [-0.2, -0.15) is 4.31 Å². The van der Waals surface area contributed by atoms with Crippen molar-refractivity contribution in [2.75, 3.05) is 20.1 Å². The fourth-order valence-electron chi connectivity index (χ4n) is 2.29. The molecule has 0 radical (unpaired) electrons. The Kier molecular flexibility index (Phi) is 6.89. The summed E-state index contributed by atoms with van der Waals surface area (Å²) in [5, 5.41) is 3.07. The monoisotopic (exact) mass is 420 g/mol. The molecule has 0 spiro atoms. The maximum atomic E-state index is 13.2. The van der Waals surface area contributed by atoms with E-state index >= 15 is 0 Å². The maximum Gasteiger partial charge on any atom is 0.245 e. The summed E-state index contributed by atoms with van der Waals surface area (Å²) in [4.78, 5) is -0.0819. The molecule has 1 aromatic carbocycles. The summed E-state index contributed by atoms with van der Waals surface area (Å²) in [6.07, 6.45) is 1.48. The second-order valence-electron chi connectivity index (χ2n) is 4.70. The van der Waals surface area contributed by atoms with Crippen molar-refractivity contribution in [1.82, 2.24) is 9.62 Å². The van der Waals surface area contributed by atoms with Crippen LogP contribution in [0.3, 0.4) is 0 Å². The van der Waals surface area contributed by atoms with Crippen LogP contribution in [0.15, 0.2) is 21.5 Å². The Hall–Kier alpha value is 0.0800. The quantitative estimate of drug-likeness (QED) is 0.815. The maximum absolute atomic E-state index is 13.2. The molecule has 2 rings (SSSR count). The van der Waals surface area contributed by atoms with Crippen LogP contribution in [0.2, 0.25) is 5.02 Å². The van der Waals surface area contributed by atoms with E-state index in [0.29, 0.717) is 0 Å². The van der Waals surface area contributed by atoms with Crippen LogP contribution in [-0.2, 0) is 10.0 Å². The van der Waals surface area contributed by atoms with Crippen LogP contribution in [0.5, 0.6) is 0 Å². The van der Waals surface area contributed by atoms with E-state index in [2.05, 4.69) is 21.2 Å². The third-order valence-electron chi connectivity index (χ3n) is 3.42. The molecule has 21 heavy (non-hydrogen) atoms. The molecule has 0 bridgehead atoms. The Labute approximate surface area is 143 Å². The summed E-state index contributed by atoms with van der Waals surface area (Å²) < 4.78 is 40.0. The minimum Gasteiger partial charge on any atom is -0.317 e. The molecule has 1 fully saturated rings. The van der Waals surface area contributed by atoms with Gasteiger partial charge in [0.2, 0.25) is 10.0 Å². The predicted molar refractivity (Wildman–Crippen MR) is 87.2 cm³/mol. The molecule has 4 nitrogen and oxygen atoms in total. The zero-order chi connectivity index (χ0) is 14.9. The van der Waals surface area contributed by atoms with Crippen LogP contribution in [0.1, 0.15) is 12.8 Å². The predicted octanol–water partition coefficient (Wildman–Crippen LogP) is 3.04. The molecule has 1 N–H and O–H groups in total. The highest BCUT2D eigenvalue weighted by Crippen LogP contribution is 2.33. The highest BCUT2D eigenvalue weighted by Gasteiger charge is 2.32. The standard InChI is InChI=1S/C12H15BrClFN2O2S.ClH/c1-17(9-2-4-16-5-3-9)20(18,19)12-10(13)6-8(15)7-11(12)14;/h6-7,9,16H,2-5H2,1H3;1H. The molecule has 0 amide bonds. The molecule has 1 heterocycles. The van der Waals surface area contributed by atoms with Crippen molar-refractivity contribution in [1.29, 1.82) is 0 Å². The van der Waals surface area contributed by atoms with Crippen molar-refractivity contribution in [3.05, 3.63) is 27.4 Å². The van der Waals surface area contributed by atoms with Gasteiger partial charge in [-0.05, 0) is 54.0 Å². The molecule has 0 unspecified atom stereocenters. The first kappa shape index (κ1) is 19.1. The Balaban J connectivity index is 0.00000220. The molecule has 0 saturated carbocycles. The molecule has 9 heteroatoms. The number of benzene rings is 1. The van der Waals surface area contributed by atoms with E-state index in [0.717, 1.165) is 38.1 Å². The second kappa shape index (κ2) is 7.57. The number of nitrogens with zero attached hydrogens (tertiary/aromatic N) is 1. The Morgan fingerprint density at radius 2 is 1.95 bits per heavy atom. The number of nitrogens with one attached hydrogen (secondary N) is 1. The second-order valence-corrected chi connectivity index (χ2v) is 7.90. The lowest BCUT2D eigenvalue weighted by Gasteiger charge is -2.31. The van der Waals surface area contributed by atoms with Crippen LogP contribution in [0, 0.1) is 5.82 Å². The average molecular weight is 422 g/mol. The summed E-state index contributed by atoms with van der Waals surface area (Å²) in [5.41, 5.74) is 0.